The van der Waals surface area contributed by atoms with Crippen molar-refractivity contribution in [3.05, 3.63) is 35.9 Å². The molecule has 2 amide bonds. The van der Waals surface area contributed by atoms with Gasteiger partial charge in [-0.25, -0.2) is 4.79 Å². The van der Waals surface area contributed by atoms with E-state index < -0.39 is 35.8 Å². The molecule has 1 rings (SSSR count). The van der Waals surface area contributed by atoms with Crippen molar-refractivity contribution in [3.63, 3.8) is 0 Å². The number of carbonyl (C=O) groups is 4. The fraction of sp³-hybridized carbons (Fsp3) is 0.474. The van der Waals surface area contributed by atoms with E-state index in [0.717, 1.165) is 5.56 Å². The van der Waals surface area contributed by atoms with Crippen LogP contribution in [0.15, 0.2) is 30.3 Å². The summed E-state index contributed by atoms with van der Waals surface area (Å²) in [7, 11) is 2.44. The van der Waals surface area contributed by atoms with E-state index in [2.05, 4.69) is 15.4 Å². The molecule has 0 spiro atoms. The molecule has 8 heteroatoms. The SMILES string of the molecule is COC(=O)C[C@H](C)[C@H](NC(=O)[C@H](Cc1ccccc1)NC(C)=O)C(=O)OC. The van der Waals surface area contributed by atoms with E-state index >= 15 is 0 Å². The lowest BCUT2D eigenvalue weighted by Crippen LogP contribution is -2.54. The zero-order valence-electron chi connectivity index (χ0n) is 16.0. The summed E-state index contributed by atoms with van der Waals surface area (Å²) < 4.78 is 9.34. The van der Waals surface area contributed by atoms with Crippen molar-refractivity contribution < 1.29 is 28.7 Å². The highest BCUT2D eigenvalue weighted by Gasteiger charge is 2.32. The third-order valence-corrected chi connectivity index (χ3v) is 4.01. The molecule has 0 fully saturated rings. The summed E-state index contributed by atoms with van der Waals surface area (Å²) in [5, 5.41) is 5.17. The number of ether oxygens (including phenoxy) is 2. The smallest absolute Gasteiger partial charge is 0.328 e. The Kier molecular flexibility index (Phi) is 8.98. The summed E-state index contributed by atoms with van der Waals surface area (Å²) in [5.41, 5.74) is 0.851. The van der Waals surface area contributed by atoms with Crippen LogP contribution in [0.25, 0.3) is 0 Å². The van der Waals surface area contributed by atoms with Crippen LogP contribution in [-0.2, 0) is 35.1 Å². The predicted molar refractivity (Wildman–Crippen MR) is 97.5 cm³/mol. The molecule has 0 heterocycles. The van der Waals surface area contributed by atoms with Gasteiger partial charge in [0, 0.05) is 13.3 Å². The number of nitrogens with one attached hydrogen (secondary N) is 2. The number of benzene rings is 1. The highest BCUT2D eigenvalue weighted by atomic mass is 16.5. The maximum Gasteiger partial charge on any atom is 0.328 e. The molecular formula is C19H26N2O6. The molecule has 0 saturated heterocycles. The molecule has 0 aliphatic carbocycles. The van der Waals surface area contributed by atoms with E-state index in [1.807, 2.05) is 30.3 Å². The van der Waals surface area contributed by atoms with Crippen LogP contribution < -0.4 is 10.6 Å². The quantitative estimate of drug-likeness (QED) is 0.609. The van der Waals surface area contributed by atoms with Gasteiger partial charge in [0.2, 0.25) is 11.8 Å². The van der Waals surface area contributed by atoms with E-state index in [1.54, 1.807) is 6.92 Å². The molecule has 2 N–H and O–H groups in total. The second kappa shape index (κ2) is 10.9. The lowest BCUT2D eigenvalue weighted by atomic mass is 9.97. The topological polar surface area (TPSA) is 111 Å². The van der Waals surface area contributed by atoms with Gasteiger partial charge in [-0.3, -0.25) is 14.4 Å². The first-order chi connectivity index (χ1) is 12.8. The minimum Gasteiger partial charge on any atom is -0.469 e. The maximum absolute atomic E-state index is 12.7. The second-order valence-electron chi connectivity index (χ2n) is 6.21. The van der Waals surface area contributed by atoms with Gasteiger partial charge in [-0.05, 0) is 11.5 Å². The number of rotatable bonds is 9. The average Bonchev–Trinajstić information content (AvgIpc) is 2.64. The third kappa shape index (κ3) is 7.47. The summed E-state index contributed by atoms with van der Waals surface area (Å²) in [6.45, 7) is 2.94. The molecule has 1 aromatic carbocycles. The molecule has 0 bridgehead atoms. The fourth-order valence-corrected chi connectivity index (χ4v) is 2.58. The first-order valence-corrected chi connectivity index (χ1v) is 8.54. The fourth-order valence-electron chi connectivity index (χ4n) is 2.58. The van der Waals surface area contributed by atoms with Gasteiger partial charge in [-0.1, -0.05) is 37.3 Å². The van der Waals surface area contributed by atoms with Crippen LogP contribution in [0.4, 0.5) is 0 Å². The standard InChI is InChI=1S/C19H26N2O6/c1-12(10-16(23)26-3)17(19(25)27-4)21-18(24)15(20-13(2)22)11-14-8-6-5-7-9-14/h5-9,12,15,17H,10-11H2,1-4H3,(H,20,22)(H,21,24)/t12-,15-,17-/m0/s1. The molecule has 0 unspecified atom stereocenters. The van der Waals surface area contributed by atoms with Gasteiger partial charge < -0.3 is 20.1 Å². The molecule has 0 aromatic heterocycles. The molecule has 3 atom stereocenters. The van der Waals surface area contributed by atoms with E-state index in [-0.39, 0.29) is 18.7 Å². The van der Waals surface area contributed by atoms with Crippen molar-refractivity contribution in [3.8, 4) is 0 Å². The number of hydrogen-bond acceptors (Lipinski definition) is 6. The average molecular weight is 378 g/mol. The summed E-state index contributed by atoms with van der Waals surface area (Å²) in [5.74, 6) is -2.65. The number of amides is 2. The summed E-state index contributed by atoms with van der Waals surface area (Å²) in [6.07, 6.45) is 0.186. The van der Waals surface area contributed by atoms with Crippen molar-refractivity contribution in [1.82, 2.24) is 10.6 Å². The Morgan fingerprint density at radius 2 is 1.63 bits per heavy atom. The molecule has 0 saturated carbocycles. The Bertz CT molecular complexity index is 661. The Morgan fingerprint density at radius 3 is 2.15 bits per heavy atom. The van der Waals surface area contributed by atoms with Crippen molar-refractivity contribution in [2.45, 2.75) is 38.8 Å². The maximum atomic E-state index is 12.7. The van der Waals surface area contributed by atoms with Crippen LogP contribution in [0.3, 0.4) is 0 Å². The minimum atomic E-state index is -1.05. The number of esters is 2. The Labute approximate surface area is 158 Å². The van der Waals surface area contributed by atoms with E-state index in [0.29, 0.717) is 0 Å². The normalized spacial score (nSPS) is 13.6. The summed E-state index contributed by atoms with van der Waals surface area (Å²) in [6, 6.07) is 7.25. The summed E-state index contributed by atoms with van der Waals surface area (Å²) in [4.78, 5) is 47.8. The largest absolute Gasteiger partial charge is 0.469 e. The van der Waals surface area contributed by atoms with Crippen LogP contribution in [-0.4, -0.2) is 50.1 Å². The highest BCUT2D eigenvalue weighted by Crippen LogP contribution is 2.12. The second-order valence-corrected chi connectivity index (χ2v) is 6.21. The Morgan fingerprint density at radius 1 is 1.00 bits per heavy atom. The lowest BCUT2D eigenvalue weighted by Gasteiger charge is -2.25. The molecule has 8 nitrogen and oxygen atoms in total. The summed E-state index contributed by atoms with van der Waals surface area (Å²) >= 11 is 0. The van der Waals surface area contributed by atoms with Gasteiger partial charge in [0.25, 0.3) is 0 Å². The van der Waals surface area contributed by atoms with Crippen molar-refractivity contribution >= 4 is 23.8 Å². The molecule has 1 aromatic rings. The Hall–Kier alpha value is -2.90. The monoisotopic (exact) mass is 378 g/mol. The van der Waals surface area contributed by atoms with E-state index in [9.17, 15) is 19.2 Å². The van der Waals surface area contributed by atoms with Crippen molar-refractivity contribution in [2.24, 2.45) is 5.92 Å². The Balaban J connectivity index is 2.94. The molecule has 0 aliphatic heterocycles. The minimum absolute atomic E-state index is 0.0694. The lowest BCUT2D eigenvalue weighted by molar-refractivity contribution is -0.148. The molecule has 0 radical (unpaired) electrons. The number of methoxy groups -OCH3 is 2. The van der Waals surface area contributed by atoms with Crippen LogP contribution in [0.5, 0.6) is 0 Å². The molecular weight excluding hydrogens is 352 g/mol. The zero-order valence-corrected chi connectivity index (χ0v) is 16.0. The van der Waals surface area contributed by atoms with Gasteiger partial charge >= 0.3 is 11.9 Å². The van der Waals surface area contributed by atoms with Gasteiger partial charge in [0.1, 0.15) is 12.1 Å². The highest BCUT2D eigenvalue weighted by molar-refractivity contribution is 5.90. The number of hydrogen-bond donors (Lipinski definition) is 2. The molecule has 148 valence electrons. The zero-order chi connectivity index (χ0) is 20.4. The van der Waals surface area contributed by atoms with Gasteiger partial charge in [-0.15, -0.1) is 0 Å². The van der Waals surface area contributed by atoms with Crippen molar-refractivity contribution in [2.75, 3.05) is 14.2 Å². The predicted octanol–water partition coefficient (Wildman–Crippen LogP) is 0.591. The van der Waals surface area contributed by atoms with Gasteiger partial charge in [0.15, 0.2) is 0 Å². The van der Waals surface area contributed by atoms with Crippen LogP contribution in [0.2, 0.25) is 0 Å². The first kappa shape index (κ1) is 22.1. The van der Waals surface area contributed by atoms with Gasteiger partial charge in [0.05, 0.1) is 20.6 Å². The van der Waals surface area contributed by atoms with Crippen LogP contribution in [0.1, 0.15) is 25.8 Å². The van der Waals surface area contributed by atoms with Gasteiger partial charge in [-0.2, -0.15) is 0 Å². The van der Waals surface area contributed by atoms with E-state index in [1.165, 1.54) is 21.1 Å². The van der Waals surface area contributed by atoms with Crippen molar-refractivity contribution in [1.29, 1.82) is 0 Å². The molecule has 27 heavy (non-hydrogen) atoms. The van der Waals surface area contributed by atoms with Crippen LogP contribution >= 0.6 is 0 Å². The molecule has 0 aliphatic rings. The first-order valence-electron chi connectivity index (χ1n) is 8.54. The number of carbonyl (C=O) groups excluding carboxylic acids is 4. The van der Waals surface area contributed by atoms with E-state index in [4.69, 9.17) is 4.74 Å². The van der Waals surface area contributed by atoms with Crippen LogP contribution in [0, 0.1) is 5.92 Å². The third-order valence-electron chi connectivity index (χ3n) is 4.01.